The van der Waals surface area contributed by atoms with E-state index in [-0.39, 0.29) is 0 Å². The largest absolute Gasteiger partial charge is 0.710 e. The molecule has 14 heteroatoms. The van der Waals surface area contributed by atoms with Gasteiger partial charge in [0.25, 0.3) is 0 Å². The summed E-state index contributed by atoms with van der Waals surface area (Å²) in [5.74, 6) is -1.69. The standard InChI is InChI=1S/C3H12N9O4P/c4-1(5)10-14-17(13,15-11-2(6)7)16-12-3(8)9/h(H4,4,5,10)(H4,6,7,11)(H4,8,9,12). The zero-order valence-corrected chi connectivity index (χ0v) is 9.28. The number of rotatable bonds is 6. The molecule has 0 aromatic carbocycles. The summed E-state index contributed by atoms with van der Waals surface area (Å²) in [6, 6.07) is 0. The second kappa shape index (κ2) is 6.12. The lowest BCUT2D eigenvalue weighted by atomic mass is 11.1. The molecule has 0 rings (SSSR count). The molecule has 0 aromatic rings. The summed E-state index contributed by atoms with van der Waals surface area (Å²) in [5.41, 5.74) is 29.5. The van der Waals surface area contributed by atoms with E-state index < -0.39 is 25.7 Å². The second-order valence-corrected chi connectivity index (χ2v) is 3.62. The monoisotopic (exact) mass is 269 g/mol. The van der Waals surface area contributed by atoms with Crippen molar-refractivity contribution in [3.05, 3.63) is 0 Å². The average molecular weight is 269 g/mol. The van der Waals surface area contributed by atoms with Crippen molar-refractivity contribution in [1.29, 1.82) is 0 Å². The maximum absolute atomic E-state index is 11.6. The summed E-state index contributed by atoms with van der Waals surface area (Å²) in [6.07, 6.45) is 0. The van der Waals surface area contributed by atoms with Gasteiger partial charge in [0.15, 0.2) is 0 Å². The molecule has 0 aliphatic carbocycles. The minimum absolute atomic E-state index is 0.563. The highest BCUT2D eigenvalue weighted by Crippen LogP contribution is 2.50. The molecule has 0 radical (unpaired) electrons. The molecule has 0 heterocycles. The van der Waals surface area contributed by atoms with Gasteiger partial charge in [0, 0.05) is 0 Å². The molecule has 17 heavy (non-hydrogen) atoms. The Labute approximate surface area is 94.9 Å². The van der Waals surface area contributed by atoms with Crippen molar-refractivity contribution in [3.63, 3.8) is 0 Å². The third kappa shape index (κ3) is 7.38. The predicted octanol–water partition coefficient (Wildman–Crippen LogP) is -3.29. The lowest BCUT2D eigenvalue weighted by Crippen LogP contribution is -2.24. The van der Waals surface area contributed by atoms with Gasteiger partial charge in [-0.2, -0.15) is 4.57 Å². The number of oxime groups is 3. The average Bonchev–Trinajstić information content (AvgIpc) is 2.21. The fraction of sp³-hybridized carbons (Fsp3) is 0. The van der Waals surface area contributed by atoms with Crippen LogP contribution in [0.5, 0.6) is 0 Å². The van der Waals surface area contributed by atoms with Crippen LogP contribution >= 0.6 is 7.82 Å². The van der Waals surface area contributed by atoms with Gasteiger partial charge in [-0.25, -0.2) is 0 Å². The van der Waals surface area contributed by atoms with Crippen molar-refractivity contribution >= 4 is 25.7 Å². The van der Waals surface area contributed by atoms with Gasteiger partial charge in [0.1, 0.15) is 0 Å². The van der Waals surface area contributed by atoms with Gasteiger partial charge in [-0.05, 0) is 15.5 Å². The first-order chi connectivity index (χ1) is 7.75. The molecule has 12 N–H and O–H groups in total. The number of nitrogens with zero attached hydrogens (tertiary/aromatic N) is 3. The molecular formula is C3H12N9O4P. The molecule has 0 saturated heterocycles. The maximum atomic E-state index is 11.6. The first-order valence-corrected chi connectivity index (χ1v) is 5.14. The van der Waals surface area contributed by atoms with Crippen molar-refractivity contribution in [2.24, 2.45) is 49.9 Å². The van der Waals surface area contributed by atoms with Crippen molar-refractivity contribution < 1.29 is 18.4 Å². The van der Waals surface area contributed by atoms with Crippen molar-refractivity contribution in [3.8, 4) is 0 Å². The molecule has 0 bridgehead atoms. The third-order valence-corrected chi connectivity index (χ3v) is 1.58. The fourth-order valence-corrected chi connectivity index (χ4v) is 1.01. The Morgan fingerprint density at radius 2 is 0.941 bits per heavy atom. The Morgan fingerprint density at radius 1 is 0.706 bits per heavy atom. The summed E-state index contributed by atoms with van der Waals surface area (Å²) < 4.78 is 24.2. The quantitative estimate of drug-likeness (QED) is 0.121. The van der Waals surface area contributed by atoms with Crippen molar-refractivity contribution in [2.45, 2.75) is 0 Å². The van der Waals surface area contributed by atoms with E-state index in [2.05, 4.69) is 29.3 Å². The van der Waals surface area contributed by atoms with Gasteiger partial charge in [-0.1, -0.05) is 0 Å². The lowest BCUT2D eigenvalue weighted by Gasteiger charge is -2.08. The number of hydrogen-bond acceptors (Lipinski definition) is 7. The van der Waals surface area contributed by atoms with Crippen LogP contribution in [0.2, 0.25) is 0 Å². The van der Waals surface area contributed by atoms with Crippen LogP contribution in [0.1, 0.15) is 0 Å². The van der Waals surface area contributed by atoms with E-state index in [4.69, 9.17) is 34.4 Å². The smallest absolute Gasteiger partial charge is 0.367 e. The zero-order chi connectivity index (χ0) is 13.5. The highest BCUT2D eigenvalue weighted by molar-refractivity contribution is 7.48. The summed E-state index contributed by atoms with van der Waals surface area (Å²) in [4.78, 5) is 0. The van der Waals surface area contributed by atoms with E-state index in [0.29, 0.717) is 0 Å². The van der Waals surface area contributed by atoms with E-state index in [1.807, 2.05) is 0 Å². The van der Waals surface area contributed by atoms with Crippen LogP contribution in [0.3, 0.4) is 0 Å². The van der Waals surface area contributed by atoms with Crippen LogP contribution in [0.25, 0.3) is 0 Å². The molecule has 0 unspecified atom stereocenters. The van der Waals surface area contributed by atoms with Gasteiger partial charge < -0.3 is 34.4 Å². The van der Waals surface area contributed by atoms with E-state index in [1.54, 1.807) is 0 Å². The van der Waals surface area contributed by atoms with Crippen LogP contribution in [-0.4, -0.2) is 17.9 Å². The van der Waals surface area contributed by atoms with Crippen LogP contribution in [-0.2, 0) is 18.4 Å². The molecule has 13 nitrogen and oxygen atoms in total. The van der Waals surface area contributed by atoms with Crippen molar-refractivity contribution in [2.75, 3.05) is 0 Å². The summed E-state index contributed by atoms with van der Waals surface area (Å²) in [7, 11) is -4.42. The molecule has 98 valence electrons. The Hall–Kier alpha value is -2.56. The first-order valence-electron chi connectivity index (χ1n) is 3.68. The summed E-state index contributed by atoms with van der Waals surface area (Å²) in [5, 5.41) is 8.73. The number of hydrogen-bond donors (Lipinski definition) is 6. The van der Waals surface area contributed by atoms with Gasteiger partial charge in [-0.15, -0.1) is 0 Å². The molecule has 0 atom stereocenters. The Balaban J connectivity index is 4.81. The molecule has 0 amide bonds. The minimum atomic E-state index is -4.42. The summed E-state index contributed by atoms with van der Waals surface area (Å²) >= 11 is 0. The maximum Gasteiger partial charge on any atom is 0.710 e. The highest BCUT2D eigenvalue weighted by Gasteiger charge is 2.34. The molecule has 0 aromatic heterocycles. The molecule has 0 aliphatic heterocycles. The molecule has 0 saturated carbocycles. The highest BCUT2D eigenvalue weighted by atomic mass is 31.2. The van der Waals surface area contributed by atoms with E-state index >= 15 is 0 Å². The predicted molar refractivity (Wildman–Crippen MR) is 58.3 cm³/mol. The van der Waals surface area contributed by atoms with Gasteiger partial charge >= 0.3 is 7.82 Å². The Kier molecular flexibility index (Phi) is 5.20. The molecule has 0 spiro atoms. The number of nitrogens with two attached hydrogens (primary N) is 6. The van der Waals surface area contributed by atoms with E-state index in [0.717, 1.165) is 0 Å². The fourth-order valence-electron chi connectivity index (χ4n) is 0.336. The van der Waals surface area contributed by atoms with E-state index in [9.17, 15) is 4.57 Å². The van der Waals surface area contributed by atoms with E-state index in [1.165, 1.54) is 0 Å². The topological polar surface area (TPSA) is 238 Å². The minimum Gasteiger partial charge on any atom is -0.367 e. The van der Waals surface area contributed by atoms with Crippen LogP contribution in [0.15, 0.2) is 15.5 Å². The number of guanidine groups is 3. The Bertz CT molecular complexity index is 321. The first kappa shape index (κ1) is 14.4. The zero-order valence-electron chi connectivity index (χ0n) is 8.39. The van der Waals surface area contributed by atoms with Crippen LogP contribution in [0, 0.1) is 0 Å². The van der Waals surface area contributed by atoms with Gasteiger partial charge in [0.2, 0.25) is 17.9 Å². The Morgan fingerprint density at radius 3 is 1.12 bits per heavy atom. The van der Waals surface area contributed by atoms with Gasteiger partial charge in [0.05, 0.1) is 0 Å². The van der Waals surface area contributed by atoms with Gasteiger partial charge in [-0.3, -0.25) is 13.9 Å². The molecule has 0 aliphatic rings. The number of phosphoric acid groups is 1. The normalized spacial score (nSPS) is 9.65. The lowest BCUT2D eigenvalue weighted by molar-refractivity contribution is 0.121. The second-order valence-electron chi connectivity index (χ2n) is 2.24. The molecular weight excluding hydrogens is 257 g/mol. The third-order valence-electron chi connectivity index (χ3n) is 0.739. The SMILES string of the molecule is NC(N)=NOP(=O)(ON=C(N)N)ON=C(N)N. The van der Waals surface area contributed by atoms with Crippen LogP contribution in [0.4, 0.5) is 0 Å². The van der Waals surface area contributed by atoms with Crippen LogP contribution < -0.4 is 34.4 Å². The van der Waals surface area contributed by atoms with Crippen molar-refractivity contribution in [1.82, 2.24) is 0 Å². The summed E-state index contributed by atoms with van der Waals surface area (Å²) in [6.45, 7) is 0. The molecule has 0 fully saturated rings.